The molecule has 4 amide bonds. The average molecular weight is 565 g/mol. The number of ketones is 1. The van der Waals surface area contributed by atoms with Gasteiger partial charge in [0, 0.05) is 41.7 Å². The minimum atomic E-state index is -1.17. The smallest absolute Gasteiger partial charge is 0.292 e. The molecule has 0 spiro atoms. The number of halogens is 2. The van der Waals surface area contributed by atoms with Crippen LogP contribution in [0.3, 0.4) is 0 Å². The third-order valence-electron chi connectivity index (χ3n) is 6.50. The van der Waals surface area contributed by atoms with E-state index in [1.54, 1.807) is 18.2 Å². The quantitative estimate of drug-likeness (QED) is 0.297. The van der Waals surface area contributed by atoms with E-state index in [4.69, 9.17) is 23.2 Å². The Balaban J connectivity index is 1.75. The summed E-state index contributed by atoms with van der Waals surface area (Å²) in [6.07, 6.45) is 4.38. The lowest BCUT2D eigenvalue weighted by atomic mass is 9.87. The number of hydrogen-bond acceptors (Lipinski definition) is 5. The minimum Gasteiger partial charge on any atom is -0.356 e. The minimum absolute atomic E-state index is 0.0150. The van der Waals surface area contributed by atoms with Gasteiger partial charge in [0.1, 0.15) is 6.04 Å². The van der Waals surface area contributed by atoms with Gasteiger partial charge >= 0.3 is 0 Å². The summed E-state index contributed by atoms with van der Waals surface area (Å²) in [5.74, 6) is -3.25. The number of Topliss-reactive ketones (excluding diaryl/α,β-unsaturated/α-hetero) is 1. The summed E-state index contributed by atoms with van der Waals surface area (Å²) in [5.41, 5.74) is 0.226. The summed E-state index contributed by atoms with van der Waals surface area (Å²) in [5, 5.41) is 8.93. The number of rotatable bonds is 10. The lowest BCUT2D eigenvalue weighted by Gasteiger charge is -2.32. The molecule has 3 rings (SSSR count). The molecule has 1 aromatic carbocycles. The van der Waals surface area contributed by atoms with E-state index < -0.39 is 41.5 Å². The van der Waals surface area contributed by atoms with Crippen molar-refractivity contribution in [3.63, 3.8) is 0 Å². The zero-order chi connectivity index (χ0) is 28.0. The number of hydrogen-bond donors (Lipinski definition) is 3. The molecule has 2 fully saturated rings. The van der Waals surface area contributed by atoms with Crippen molar-refractivity contribution in [3.8, 4) is 0 Å². The van der Waals surface area contributed by atoms with Crippen LogP contribution in [0, 0.1) is 11.3 Å². The molecule has 3 N–H and O–H groups in total. The maximum atomic E-state index is 13.4. The third-order valence-corrected chi connectivity index (χ3v) is 7.06. The predicted octanol–water partition coefficient (Wildman–Crippen LogP) is 2.74. The number of carbonyl (C=O) groups excluding carboxylic acids is 5. The Morgan fingerprint density at radius 3 is 2.39 bits per heavy atom. The second-order valence-corrected chi connectivity index (χ2v) is 11.8. The van der Waals surface area contributed by atoms with Crippen molar-refractivity contribution in [2.75, 3.05) is 19.6 Å². The first-order valence-corrected chi connectivity index (χ1v) is 13.4. The first-order valence-electron chi connectivity index (χ1n) is 12.7. The number of amides is 4. The molecule has 2 aliphatic rings. The van der Waals surface area contributed by atoms with Gasteiger partial charge in [-0.2, -0.15) is 0 Å². The second kappa shape index (κ2) is 12.8. The fourth-order valence-electron chi connectivity index (χ4n) is 4.33. The number of likely N-dealkylation sites (tertiary alicyclic amines) is 1. The first kappa shape index (κ1) is 29.6. The Labute approximate surface area is 232 Å². The van der Waals surface area contributed by atoms with Crippen molar-refractivity contribution in [3.05, 3.63) is 39.9 Å². The van der Waals surface area contributed by atoms with E-state index in [-0.39, 0.29) is 24.2 Å². The fraction of sp³-hybridized carbons (Fsp3) is 0.519. The zero-order valence-corrected chi connectivity index (χ0v) is 23.3. The normalized spacial score (nSPS) is 18.9. The largest absolute Gasteiger partial charge is 0.356 e. The lowest BCUT2D eigenvalue weighted by molar-refractivity contribution is -0.149. The molecule has 9 nitrogen and oxygen atoms in total. The SMILES string of the molecule is CC(C)(C)C[C@H](NC(=O)/C=C/c1ccc(Cl)cc1Cl)C(=O)NC(C[C@@H]1CCNC1=O)C(=O)C(=O)N1CCC1. The van der Waals surface area contributed by atoms with Crippen LogP contribution in [0.4, 0.5) is 0 Å². The predicted molar refractivity (Wildman–Crippen MR) is 145 cm³/mol. The summed E-state index contributed by atoms with van der Waals surface area (Å²) in [6.45, 7) is 7.21. The van der Waals surface area contributed by atoms with Gasteiger partial charge in [0.2, 0.25) is 23.5 Å². The second-order valence-electron chi connectivity index (χ2n) is 10.9. The average Bonchev–Trinajstić information content (AvgIpc) is 3.19. The van der Waals surface area contributed by atoms with E-state index in [0.29, 0.717) is 41.7 Å². The van der Waals surface area contributed by atoms with Gasteiger partial charge in [-0.15, -0.1) is 0 Å². The van der Waals surface area contributed by atoms with Crippen LogP contribution in [0.25, 0.3) is 6.08 Å². The number of benzene rings is 1. The van der Waals surface area contributed by atoms with E-state index in [0.717, 1.165) is 6.42 Å². The van der Waals surface area contributed by atoms with Crippen LogP contribution < -0.4 is 16.0 Å². The van der Waals surface area contributed by atoms with Crippen LogP contribution in [0.1, 0.15) is 52.0 Å². The maximum absolute atomic E-state index is 13.4. The maximum Gasteiger partial charge on any atom is 0.292 e. The Morgan fingerprint density at radius 2 is 1.84 bits per heavy atom. The van der Waals surface area contributed by atoms with E-state index in [9.17, 15) is 24.0 Å². The molecule has 2 saturated heterocycles. The highest BCUT2D eigenvalue weighted by atomic mass is 35.5. The van der Waals surface area contributed by atoms with Crippen molar-refractivity contribution < 1.29 is 24.0 Å². The lowest BCUT2D eigenvalue weighted by Crippen LogP contribution is -2.56. The van der Waals surface area contributed by atoms with Crippen molar-refractivity contribution in [2.45, 2.75) is 58.5 Å². The molecule has 38 heavy (non-hydrogen) atoms. The van der Waals surface area contributed by atoms with E-state index >= 15 is 0 Å². The van der Waals surface area contributed by atoms with Crippen LogP contribution in [0.5, 0.6) is 0 Å². The molecule has 2 heterocycles. The molecule has 3 atom stereocenters. The van der Waals surface area contributed by atoms with Gasteiger partial charge in [-0.05, 0) is 54.9 Å². The number of nitrogens with zero attached hydrogens (tertiary/aromatic N) is 1. The monoisotopic (exact) mass is 564 g/mol. The van der Waals surface area contributed by atoms with Crippen LogP contribution in [-0.2, 0) is 24.0 Å². The topological polar surface area (TPSA) is 125 Å². The van der Waals surface area contributed by atoms with E-state index in [1.165, 1.54) is 17.1 Å². The molecule has 0 bridgehead atoms. The van der Waals surface area contributed by atoms with Crippen LogP contribution in [-0.4, -0.2) is 66.0 Å². The summed E-state index contributed by atoms with van der Waals surface area (Å²) in [4.78, 5) is 65.5. The molecular formula is C27H34Cl2N4O5. The van der Waals surface area contributed by atoms with Crippen molar-refractivity contribution in [2.24, 2.45) is 11.3 Å². The highest BCUT2D eigenvalue weighted by Gasteiger charge is 2.38. The van der Waals surface area contributed by atoms with Crippen molar-refractivity contribution >= 4 is 58.7 Å². The standard InChI is InChI=1S/C27H34Cl2N4O5/c1-27(2,3)15-21(31-22(34)8-6-16-5-7-18(28)14-19(16)29)25(37)32-20(13-17-9-10-30-24(17)36)23(35)26(38)33-11-4-12-33/h5-8,14,17,20-21H,4,9-13,15H2,1-3H3,(H,30,36)(H,31,34)(H,32,37)/b8-6+/t17-,20?,21-/m0/s1. The van der Waals surface area contributed by atoms with Crippen LogP contribution in [0.15, 0.2) is 24.3 Å². The molecule has 0 aromatic heterocycles. The van der Waals surface area contributed by atoms with E-state index in [1.807, 2.05) is 20.8 Å². The van der Waals surface area contributed by atoms with Gasteiger partial charge < -0.3 is 20.9 Å². The molecule has 1 aromatic rings. The number of nitrogens with one attached hydrogen (secondary N) is 3. The molecule has 0 radical (unpaired) electrons. The van der Waals surface area contributed by atoms with Crippen LogP contribution in [0.2, 0.25) is 10.0 Å². The van der Waals surface area contributed by atoms with Gasteiger partial charge in [-0.3, -0.25) is 24.0 Å². The van der Waals surface area contributed by atoms with Gasteiger partial charge in [0.05, 0.1) is 6.04 Å². The van der Waals surface area contributed by atoms with Gasteiger partial charge in [0.25, 0.3) is 5.91 Å². The molecule has 2 aliphatic heterocycles. The Morgan fingerprint density at radius 1 is 1.13 bits per heavy atom. The molecular weight excluding hydrogens is 531 g/mol. The summed E-state index contributed by atoms with van der Waals surface area (Å²) in [7, 11) is 0. The zero-order valence-electron chi connectivity index (χ0n) is 21.8. The van der Waals surface area contributed by atoms with Gasteiger partial charge in [0.15, 0.2) is 0 Å². The first-order chi connectivity index (χ1) is 17.8. The van der Waals surface area contributed by atoms with E-state index in [2.05, 4.69) is 16.0 Å². The molecule has 1 unspecified atom stereocenters. The van der Waals surface area contributed by atoms with Gasteiger partial charge in [-0.25, -0.2) is 0 Å². The molecule has 0 aliphatic carbocycles. The third kappa shape index (κ3) is 8.30. The van der Waals surface area contributed by atoms with Gasteiger partial charge in [-0.1, -0.05) is 50.0 Å². The Bertz CT molecular complexity index is 1130. The highest BCUT2D eigenvalue weighted by molar-refractivity contribution is 6.38. The van der Waals surface area contributed by atoms with Crippen LogP contribution >= 0.6 is 23.2 Å². The van der Waals surface area contributed by atoms with Crippen molar-refractivity contribution in [1.29, 1.82) is 0 Å². The molecule has 206 valence electrons. The number of carbonyl (C=O) groups is 5. The molecule has 11 heteroatoms. The Hall–Kier alpha value is -2.91. The fourth-order valence-corrected chi connectivity index (χ4v) is 4.80. The molecule has 0 saturated carbocycles. The summed E-state index contributed by atoms with van der Waals surface area (Å²) < 4.78 is 0. The summed E-state index contributed by atoms with van der Waals surface area (Å²) in [6, 6.07) is 2.70. The Kier molecular flexibility index (Phi) is 9.95. The highest BCUT2D eigenvalue weighted by Crippen LogP contribution is 2.24. The van der Waals surface area contributed by atoms with Crippen molar-refractivity contribution in [1.82, 2.24) is 20.9 Å². The summed E-state index contributed by atoms with van der Waals surface area (Å²) >= 11 is 12.1.